The van der Waals surface area contributed by atoms with Gasteiger partial charge in [0.05, 0.1) is 5.69 Å². The first-order chi connectivity index (χ1) is 8.04. The van der Waals surface area contributed by atoms with Crippen LogP contribution in [0.3, 0.4) is 0 Å². The number of ether oxygens (including phenoxy) is 1. The number of hydrogen-bond acceptors (Lipinski definition) is 6. The Morgan fingerprint density at radius 1 is 1.50 bits per heavy atom. The van der Waals surface area contributed by atoms with Crippen molar-refractivity contribution >= 4 is 25.4 Å². The van der Waals surface area contributed by atoms with Gasteiger partial charge in [-0.2, -0.15) is 10.2 Å². The van der Waals surface area contributed by atoms with Gasteiger partial charge in [-0.25, -0.2) is 8.42 Å². The fourth-order valence-corrected chi connectivity index (χ4v) is 1.86. The summed E-state index contributed by atoms with van der Waals surface area (Å²) < 4.78 is 61.4. The van der Waals surface area contributed by atoms with E-state index >= 15 is 0 Å². The van der Waals surface area contributed by atoms with Gasteiger partial charge in [0.25, 0.3) is 9.05 Å². The van der Waals surface area contributed by atoms with Crippen LogP contribution in [-0.2, 0) is 9.05 Å². The van der Waals surface area contributed by atoms with Crippen molar-refractivity contribution in [2.45, 2.75) is 11.4 Å². The molecule has 0 saturated carbocycles. The highest BCUT2D eigenvalue weighted by molar-refractivity contribution is 8.13. The lowest BCUT2D eigenvalue weighted by atomic mass is 10.3. The molecular formula is C7H3ClF3N3O3S. The van der Waals surface area contributed by atoms with Crippen molar-refractivity contribution in [3.8, 4) is 11.9 Å². The van der Waals surface area contributed by atoms with Crippen molar-refractivity contribution in [2.24, 2.45) is 0 Å². The van der Waals surface area contributed by atoms with Gasteiger partial charge in [0, 0.05) is 10.7 Å². The molecule has 0 aromatic carbocycles. The molecule has 0 unspecified atom stereocenters. The van der Waals surface area contributed by atoms with E-state index in [1.807, 2.05) is 0 Å². The molecule has 0 amide bonds. The molecule has 18 heavy (non-hydrogen) atoms. The third kappa shape index (κ3) is 3.38. The van der Waals surface area contributed by atoms with Crippen molar-refractivity contribution < 1.29 is 26.3 Å². The maximum absolute atomic E-state index is 12.0. The Morgan fingerprint density at radius 2 is 2.06 bits per heavy atom. The van der Waals surface area contributed by atoms with Crippen molar-refractivity contribution in [1.82, 2.24) is 4.98 Å². The van der Waals surface area contributed by atoms with Gasteiger partial charge in [-0.1, -0.05) is 0 Å². The van der Waals surface area contributed by atoms with Gasteiger partial charge in [-0.05, 0) is 6.07 Å². The second-order valence-electron chi connectivity index (χ2n) is 2.83. The van der Waals surface area contributed by atoms with E-state index in [1.165, 1.54) is 6.07 Å². The van der Waals surface area contributed by atoms with Gasteiger partial charge in [-0.3, -0.25) is 0 Å². The van der Waals surface area contributed by atoms with Crippen LogP contribution in [0.5, 0.6) is 5.88 Å². The normalized spacial score (nSPS) is 11.9. The first kappa shape index (κ1) is 14.3. The smallest absolute Gasteiger partial charge is 0.396 e. The second kappa shape index (κ2) is 4.51. The number of halogens is 4. The number of nitrogen functional groups attached to an aromatic ring is 1. The van der Waals surface area contributed by atoms with Crippen LogP contribution >= 0.6 is 10.7 Å². The van der Waals surface area contributed by atoms with E-state index in [-0.39, 0.29) is 0 Å². The number of hydrogen-bond donors (Lipinski definition) is 1. The Kier molecular flexibility index (Phi) is 3.59. The Morgan fingerprint density at radius 3 is 2.44 bits per heavy atom. The highest BCUT2D eigenvalue weighted by Gasteiger charge is 2.34. The fourth-order valence-electron chi connectivity index (χ4n) is 0.959. The molecule has 6 nitrogen and oxygen atoms in total. The topological polar surface area (TPSA) is 106 Å². The van der Waals surface area contributed by atoms with Gasteiger partial charge < -0.3 is 10.5 Å². The third-order valence-corrected chi connectivity index (χ3v) is 2.77. The van der Waals surface area contributed by atoms with Crippen LogP contribution in [0.4, 0.5) is 18.9 Å². The quantitative estimate of drug-likeness (QED) is 0.827. The number of nitrogens with two attached hydrogens (primary N) is 1. The Labute approximate surface area is 103 Å². The number of anilines is 1. The largest absolute Gasteiger partial charge is 0.574 e. The summed E-state index contributed by atoms with van der Waals surface area (Å²) in [6.45, 7) is 0. The van der Waals surface area contributed by atoms with Gasteiger partial charge in [-0.15, -0.1) is 13.2 Å². The molecular weight excluding hydrogens is 299 g/mol. The van der Waals surface area contributed by atoms with Gasteiger partial charge >= 0.3 is 6.36 Å². The average molecular weight is 302 g/mol. The number of nitrogens with zero attached hydrogens (tertiary/aromatic N) is 2. The first-order valence-corrected chi connectivity index (χ1v) is 6.26. The van der Waals surface area contributed by atoms with Crippen LogP contribution in [0.1, 0.15) is 5.56 Å². The molecule has 0 fully saturated rings. The Hall–Kier alpha value is -1.73. The molecule has 2 N–H and O–H groups in total. The maximum atomic E-state index is 12.0. The van der Waals surface area contributed by atoms with Crippen LogP contribution in [0.25, 0.3) is 0 Å². The summed E-state index contributed by atoms with van der Waals surface area (Å²) >= 11 is 0. The number of pyridine rings is 1. The van der Waals surface area contributed by atoms with Crippen LogP contribution in [0.2, 0.25) is 0 Å². The first-order valence-electron chi connectivity index (χ1n) is 3.95. The van der Waals surface area contributed by atoms with Crippen LogP contribution in [0.15, 0.2) is 11.1 Å². The Bertz CT molecular complexity index is 623. The lowest BCUT2D eigenvalue weighted by molar-refractivity contribution is -0.276. The minimum atomic E-state index is -5.14. The molecule has 1 aromatic rings. The van der Waals surface area contributed by atoms with E-state index in [9.17, 15) is 21.6 Å². The lowest BCUT2D eigenvalue weighted by Crippen LogP contribution is -2.19. The molecule has 0 saturated heterocycles. The molecule has 1 rings (SSSR count). The highest BCUT2D eigenvalue weighted by atomic mass is 35.7. The molecule has 0 aliphatic carbocycles. The number of aromatic nitrogens is 1. The van der Waals surface area contributed by atoms with Crippen molar-refractivity contribution in [1.29, 1.82) is 5.26 Å². The summed E-state index contributed by atoms with van der Waals surface area (Å²) in [5.74, 6) is -1.24. The molecule has 1 aromatic heterocycles. The molecule has 11 heteroatoms. The lowest BCUT2D eigenvalue weighted by Gasteiger charge is -2.10. The molecule has 0 aliphatic heterocycles. The summed E-state index contributed by atoms with van der Waals surface area (Å²) in [6.07, 6.45) is -5.14. The highest BCUT2D eigenvalue weighted by Crippen LogP contribution is 2.29. The molecule has 0 radical (unpaired) electrons. The average Bonchev–Trinajstić information content (AvgIpc) is 2.16. The van der Waals surface area contributed by atoms with Crippen LogP contribution in [0, 0.1) is 11.3 Å². The number of nitriles is 1. The molecule has 0 bridgehead atoms. The van der Waals surface area contributed by atoms with E-state index in [0.717, 1.165) is 0 Å². The summed E-state index contributed by atoms with van der Waals surface area (Å²) in [7, 11) is 0.455. The SMILES string of the molecule is N#Cc1cc(N)c(S(=O)(=O)Cl)nc1OC(F)(F)F. The molecule has 98 valence electrons. The number of alkyl halides is 3. The maximum Gasteiger partial charge on any atom is 0.574 e. The van der Waals surface area contributed by atoms with Crippen molar-refractivity contribution in [2.75, 3.05) is 5.73 Å². The third-order valence-electron chi connectivity index (χ3n) is 1.54. The van der Waals surface area contributed by atoms with Crippen molar-refractivity contribution in [3.63, 3.8) is 0 Å². The van der Waals surface area contributed by atoms with E-state index in [0.29, 0.717) is 6.07 Å². The standard InChI is InChI=1S/C7H3ClF3N3O3S/c8-18(15,16)6-4(13)1-3(2-12)5(14-6)17-7(9,10)11/h1H,13H2. The van der Waals surface area contributed by atoms with E-state index < -0.39 is 37.6 Å². The van der Waals surface area contributed by atoms with E-state index in [1.54, 1.807) is 0 Å². The molecule has 1 heterocycles. The minimum Gasteiger partial charge on any atom is -0.396 e. The van der Waals surface area contributed by atoms with Crippen LogP contribution < -0.4 is 10.5 Å². The predicted octanol–water partition coefficient (Wildman–Crippen LogP) is 1.36. The van der Waals surface area contributed by atoms with E-state index in [2.05, 4.69) is 9.72 Å². The second-order valence-corrected chi connectivity index (χ2v) is 5.31. The zero-order valence-corrected chi connectivity index (χ0v) is 9.77. The van der Waals surface area contributed by atoms with Crippen molar-refractivity contribution in [3.05, 3.63) is 11.6 Å². The summed E-state index contributed by atoms with van der Waals surface area (Å²) in [5, 5.41) is 7.55. The molecule has 0 aliphatic rings. The summed E-state index contributed by atoms with van der Waals surface area (Å²) in [6, 6.07) is 2.00. The summed E-state index contributed by atoms with van der Waals surface area (Å²) in [4.78, 5) is 2.99. The minimum absolute atomic E-state index is 0.559. The molecule has 0 spiro atoms. The monoisotopic (exact) mass is 301 g/mol. The number of rotatable bonds is 2. The fraction of sp³-hybridized carbons (Fsp3) is 0.143. The molecule has 0 atom stereocenters. The zero-order chi connectivity index (χ0) is 14.1. The summed E-state index contributed by atoms with van der Waals surface area (Å²) in [5.41, 5.74) is 3.97. The van der Waals surface area contributed by atoms with Gasteiger partial charge in [0.15, 0.2) is 5.03 Å². The van der Waals surface area contributed by atoms with E-state index in [4.69, 9.17) is 21.7 Å². The van der Waals surface area contributed by atoms with Gasteiger partial charge in [0.1, 0.15) is 11.6 Å². The Balaban J connectivity index is 3.47. The van der Waals surface area contributed by atoms with Gasteiger partial charge in [0.2, 0.25) is 5.88 Å². The predicted molar refractivity (Wildman–Crippen MR) is 53.1 cm³/mol. The van der Waals surface area contributed by atoms with Crippen LogP contribution in [-0.4, -0.2) is 19.8 Å². The zero-order valence-electron chi connectivity index (χ0n) is 8.19.